The van der Waals surface area contributed by atoms with Crippen LogP contribution < -0.4 is 5.32 Å². The van der Waals surface area contributed by atoms with Gasteiger partial charge in [0.25, 0.3) is 0 Å². The first-order chi connectivity index (χ1) is 9.29. The van der Waals surface area contributed by atoms with Crippen molar-refractivity contribution in [1.82, 2.24) is 10.2 Å². The average molecular weight is 260 g/mol. The van der Waals surface area contributed by atoms with E-state index in [0.717, 1.165) is 31.5 Å². The molecule has 2 heterocycles. The molecule has 3 rings (SSSR count). The summed E-state index contributed by atoms with van der Waals surface area (Å²) in [5, 5.41) is 12.5. The summed E-state index contributed by atoms with van der Waals surface area (Å²) in [6.45, 7) is 2.49. The number of amides is 1. The normalized spacial score (nSPS) is 26.3. The number of hydrogen-bond acceptors (Lipinski definition) is 3. The van der Waals surface area contributed by atoms with Gasteiger partial charge in [-0.1, -0.05) is 24.3 Å². The second-order valence-corrected chi connectivity index (χ2v) is 5.46. The molecule has 1 aromatic rings. The molecule has 1 saturated heterocycles. The Morgan fingerprint density at radius 3 is 3.05 bits per heavy atom. The highest BCUT2D eigenvalue weighted by Gasteiger charge is 2.33. The van der Waals surface area contributed by atoms with E-state index in [4.69, 9.17) is 0 Å². The molecule has 102 valence electrons. The van der Waals surface area contributed by atoms with Crippen LogP contribution in [0.1, 0.15) is 23.6 Å². The summed E-state index contributed by atoms with van der Waals surface area (Å²) < 4.78 is 0. The lowest BCUT2D eigenvalue weighted by molar-refractivity contribution is -0.132. The number of aliphatic hydroxyl groups excluding tert-OH is 1. The highest BCUT2D eigenvalue weighted by Crippen LogP contribution is 2.26. The fourth-order valence-electron chi connectivity index (χ4n) is 3.09. The fourth-order valence-corrected chi connectivity index (χ4v) is 3.09. The van der Waals surface area contributed by atoms with E-state index in [-0.39, 0.29) is 24.5 Å². The minimum absolute atomic E-state index is 0.156. The van der Waals surface area contributed by atoms with Crippen LogP contribution in [0.4, 0.5) is 0 Å². The molecule has 0 bridgehead atoms. The number of nitrogens with one attached hydrogen (secondary N) is 1. The van der Waals surface area contributed by atoms with E-state index in [0.29, 0.717) is 6.54 Å². The van der Waals surface area contributed by atoms with Crippen molar-refractivity contribution < 1.29 is 9.90 Å². The maximum atomic E-state index is 12.6. The molecule has 2 unspecified atom stereocenters. The predicted octanol–water partition coefficient (Wildman–Crippen LogP) is 0.714. The van der Waals surface area contributed by atoms with Crippen LogP contribution in [0.3, 0.4) is 0 Å². The molecule has 4 nitrogen and oxygen atoms in total. The number of nitrogens with zero attached hydrogens (tertiary/aromatic N) is 1. The van der Waals surface area contributed by atoms with Crippen molar-refractivity contribution in [3.63, 3.8) is 0 Å². The first-order valence-corrected chi connectivity index (χ1v) is 7.00. The number of likely N-dealkylation sites (tertiary alicyclic amines) is 1. The van der Waals surface area contributed by atoms with Gasteiger partial charge in [0, 0.05) is 32.2 Å². The molecule has 0 radical (unpaired) electrons. The third kappa shape index (κ3) is 2.38. The van der Waals surface area contributed by atoms with Crippen molar-refractivity contribution >= 4 is 5.91 Å². The van der Waals surface area contributed by atoms with Crippen molar-refractivity contribution in [3.05, 3.63) is 35.4 Å². The number of aliphatic hydroxyl groups is 1. The summed E-state index contributed by atoms with van der Waals surface area (Å²) in [7, 11) is 0. The van der Waals surface area contributed by atoms with E-state index < -0.39 is 0 Å². The van der Waals surface area contributed by atoms with Crippen LogP contribution in [0.5, 0.6) is 0 Å². The summed E-state index contributed by atoms with van der Waals surface area (Å²) in [4.78, 5) is 14.5. The van der Waals surface area contributed by atoms with Gasteiger partial charge < -0.3 is 15.3 Å². The van der Waals surface area contributed by atoms with E-state index >= 15 is 0 Å². The molecule has 2 aliphatic rings. The third-order valence-electron chi connectivity index (χ3n) is 4.21. The van der Waals surface area contributed by atoms with E-state index in [9.17, 15) is 9.90 Å². The lowest BCUT2D eigenvalue weighted by Gasteiger charge is -2.29. The summed E-state index contributed by atoms with van der Waals surface area (Å²) in [6.07, 6.45) is 1.90. The van der Waals surface area contributed by atoms with E-state index in [1.54, 1.807) is 0 Å². The highest BCUT2D eigenvalue weighted by molar-refractivity contribution is 5.84. The summed E-state index contributed by atoms with van der Waals surface area (Å²) in [6, 6.07) is 7.97. The molecule has 2 aliphatic heterocycles. The van der Waals surface area contributed by atoms with Gasteiger partial charge in [-0.15, -0.1) is 0 Å². The zero-order chi connectivity index (χ0) is 13.2. The van der Waals surface area contributed by atoms with Crippen molar-refractivity contribution in [1.29, 1.82) is 0 Å². The molecule has 0 spiro atoms. The smallest absolute Gasteiger partial charge is 0.244 e. The Bertz CT molecular complexity index is 475. The van der Waals surface area contributed by atoms with Gasteiger partial charge in [-0.2, -0.15) is 0 Å². The molecule has 1 fully saturated rings. The number of benzene rings is 1. The average Bonchev–Trinajstić information content (AvgIpc) is 2.95. The molecular formula is C15H20N2O2. The fraction of sp³-hybridized carbons (Fsp3) is 0.533. The second kappa shape index (κ2) is 5.31. The molecule has 2 atom stereocenters. The monoisotopic (exact) mass is 260 g/mol. The molecule has 1 aromatic carbocycles. The van der Waals surface area contributed by atoms with Gasteiger partial charge in [-0.3, -0.25) is 4.79 Å². The van der Waals surface area contributed by atoms with Gasteiger partial charge in [0.2, 0.25) is 5.91 Å². The van der Waals surface area contributed by atoms with Gasteiger partial charge in [0.05, 0.1) is 0 Å². The van der Waals surface area contributed by atoms with Gasteiger partial charge in [-0.05, 0) is 24.0 Å². The second-order valence-electron chi connectivity index (χ2n) is 5.46. The van der Waals surface area contributed by atoms with Crippen molar-refractivity contribution in [3.8, 4) is 0 Å². The molecular weight excluding hydrogens is 240 g/mol. The van der Waals surface area contributed by atoms with Crippen LogP contribution >= 0.6 is 0 Å². The summed E-state index contributed by atoms with van der Waals surface area (Å²) >= 11 is 0. The molecule has 1 amide bonds. The standard InChI is InChI=1S/C15H20N2O2/c18-10-11-6-8-17(9-11)15(19)14-13-4-2-1-3-12(13)5-7-16-14/h1-4,11,14,16,18H,5-10H2. The minimum Gasteiger partial charge on any atom is -0.396 e. The van der Waals surface area contributed by atoms with Crippen molar-refractivity contribution in [2.24, 2.45) is 5.92 Å². The lowest BCUT2D eigenvalue weighted by Crippen LogP contribution is -2.43. The SMILES string of the molecule is O=C(C1NCCc2ccccc21)N1CCC(CO)C1. The van der Waals surface area contributed by atoms with E-state index in [1.165, 1.54) is 5.56 Å². The van der Waals surface area contributed by atoms with Crippen LogP contribution in [0.2, 0.25) is 0 Å². The summed E-state index contributed by atoms with van der Waals surface area (Å²) in [5.41, 5.74) is 2.39. The van der Waals surface area contributed by atoms with Gasteiger partial charge in [0.1, 0.15) is 6.04 Å². The van der Waals surface area contributed by atoms with Crippen LogP contribution in [0, 0.1) is 5.92 Å². The van der Waals surface area contributed by atoms with Gasteiger partial charge >= 0.3 is 0 Å². The quantitative estimate of drug-likeness (QED) is 0.823. The van der Waals surface area contributed by atoms with Crippen LogP contribution in [-0.4, -0.2) is 42.2 Å². The van der Waals surface area contributed by atoms with Gasteiger partial charge in [0.15, 0.2) is 0 Å². The Balaban J connectivity index is 1.78. The first-order valence-electron chi connectivity index (χ1n) is 7.00. The number of carbonyl (C=O) groups is 1. The topological polar surface area (TPSA) is 52.6 Å². The van der Waals surface area contributed by atoms with E-state index in [1.807, 2.05) is 23.1 Å². The number of carbonyl (C=O) groups excluding carboxylic acids is 1. The van der Waals surface area contributed by atoms with Crippen molar-refractivity contribution in [2.45, 2.75) is 18.9 Å². The van der Waals surface area contributed by atoms with Crippen LogP contribution in [0.25, 0.3) is 0 Å². The molecule has 2 N–H and O–H groups in total. The number of hydrogen-bond donors (Lipinski definition) is 2. The maximum Gasteiger partial charge on any atom is 0.244 e. The third-order valence-corrected chi connectivity index (χ3v) is 4.21. The predicted molar refractivity (Wildman–Crippen MR) is 72.7 cm³/mol. The Kier molecular flexibility index (Phi) is 3.53. The Labute approximate surface area is 113 Å². The molecule has 0 aromatic heterocycles. The molecule has 4 heteroatoms. The minimum atomic E-state index is -0.206. The van der Waals surface area contributed by atoms with Crippen molar-refractivity contribution in [2.75, 3.05) is 26.2 Å². The zero-order valence-electron chi connectivity index (χ0n) is 11.0. The molecule has 0 saturated carbocycles. The number of rotatable bonds is 2. The molecule has 0 aliphatic carbocycles. The molecule has 19 heavy (non-hydrogen) atoms. The van der Waals surface area contributed by atoms with Crippen LogP contribution in [-0.2, 0) is 11.2 Å². The highest BCUT2D eigenvalue weighted by atomic mass is 16.3. The Hall–Kier alpha value is -1.39. The van der Waals surface area contributed by atoms with Gasteiger partial charge in [-0.25, -0.2) is 0 Å². The lowest BCUT2D eigenvalue weighted by atomic mass is 9.93. The summed E-state index contributed by atoms with van der Waals surface area (Å²) in [5.74, 6) is 0.408. The van der Waals surface area contributed by atoms with Crippen LogP contribution in [0.15, 0.2) is 24.3 Å². The van der Waals surface area contributed by atoms with E-state index in [2.05, 4.69) is 11.4 Å². The first kappa shape index (κ1) is 12.6. The number of fused-ring (bicyclic) bond motifs is 1. The largest absolute Gasteiger partial charge is 0.396 e. The maximum absolute atomic E-state index is 12.6. The Morgan fingerprint density at radius 1 is 1.42 bits per heavy atom. The zero-order valence-corrected chi connectivity index (χ0v) is 11.0. The Morgan fingerprint density at radius 2 is 2.26 bits per heavy atom.